The molecular formula is C12H14N2O2. The molecule has 0 saturated carbocycles. The first-order valence-electron chi connectivity index (χ1n) is 5.01. The third-order valence-corrected chi connectivity index (χ3v) is 2.80. The number of aromatic amines is 1. The maximum absolute atomic E-state index is 11.4. The van der Waals surface area contributed by atoms with Crippen molar-refractivity contribution < 1.29 is 4.74 Å². The zero-order valence-corrected chi connectivity index (χ0v) is 9.55. The van der Waals surface area contributed by atoms with Crippen LogP contribution in [-0.2, 0) is 0 Å². The Hall–Kier alpha value is -1.97. The molecule has 16 heavy (non-hydrogen) atoms. The number of ether oxygens (including phenoxy) is 1. The number of fused-ring (bicyclic) bond motifs is 1. The Labute approximate surface area is 93.0 Å². The predicted molar refractivity (Wildman–Crippen MR) is 65.0 cm³/mol. The molecule has 0 amide bonds. The number of pyridine rings is 1. The number of rotatable bonds is 1. The molecule has 3 N–H and O–H groups in total. The van der Waals surface area contributed by atoms with Gasteiger partial charge in [0.25, 0.3) is 0 Å². The van der Waals surface area contributed by atoms with Crippen LogP contribution >= 0.6 is 0 Å². The fourth-order valence-electron chi connectivity index (χ4n) is 1.98. The number of H-pyrrole nitrogens is 1. The van der Waals surface area contributed by atoms with E-state index in [2.05, 4.69) is 4.98 Å². The molecule has 0 aliphatic carbocycles. The lowest BCUT2D eigenvalue weighted by Crippen LogP contribution is -2.07. The number of aryl methyl sites for hydroxylation is 2. The first-order chi connectivity index (χ1) is 7.54. The molecule has 0 saturated heterocycles. The molecule has 1 aromatic carbocycles. The van der Waals surface area contributed by atoms with Crippen LogP contribution in [0.4, 0.5) is 5.69 Å². The second-order valence-electron chi connectivity index (χ2n) is 3.86. The van der Waals surface area contributed by atoms with Gasteiger partial charge in [0.2, 0.25) is 5.56 Å². The Morgan fingerprint density at radius 2 is 2.00 bits per heavy atom. The van der Waals surface area contributed by atoms with Crippen LogP contribution in [0.25, 0.3) is 10.9 Å². The summed E-state index contributed by atoms with van der Waals surface area (Å²) in [5.41, 5.74) is 9.01. The van der Waals surface area contributed by atoms with E-state index in [0.29, 0.717) is 17.0 Å². The molecule has 0 spiro atoms. The molecule has 4 nitrogen and oxygen atoms in total. The number of benzene rings is 1. The predicted octanol–water partition coefficient (Wildman–Crippen LogP) is 1.74. The Kier molecular flexibility index (Phi) is 2.34. The summed E-state index contributed by atoms with van der Waals surface area (Å²) >= 11 is 0. The quantitative estimate of drug-likeness (QED) is 0.716. The van der Waals surface area contributed by atoms with E-state index in [9.17, 15) is 4.79 Å². The third-order valence-electron chi connectivity index (χ3n) is 2.80. The van der Waals surface area contributed by atoms with Crippen LogP contribution in [0, 0.1) is 13.8 Å². The third kappa shape index (κ3) is 1.43. The van der Waals surface area contributed by atoms with Crippen molar-refractivity contribution in [1.82, 2.24) is 4.98 Å². The molecule has 1 aromatic heterocycles. The van der Waals surface area contributed by atoms with Gasteiger partial charge in [0.05, 0.1) is 12.6 Å². The van der Waals surface area contributed by atoms with Crippen molar-refractivity contribution in [1.29, 1.82) is 0 Å². The molecule has 0 aliphatic heterocycles. The van der Waals surface area contributed by atoms with Crippen molar-refractivity contribution in [2.75, 3.05) is 12.8 Å². The molecule has 0 unspecified atom stereocenters. The molecular weight excluding hydrogens is 204 g/mol. The maximum atomic E-state index is 11.4. The van der Waals surface area contributed by atoms with E-state index in [1.807, 2.05) is 13.8 Å². The average molecular weight is 218 g/mol. The summed E-state index contributed by atoms with van der Waals surface area (Å²) in [6.45, 7) is 3.83. The van der Waals surface area contributed by atoms with E-state index < -0.39 is 0 Å². The van der Waals surface area contributed by atoms with Crippen LogP contribution in [-0.4, -0.2) is 12.1 Å². The fourth-order valence-corrected chi connectivity index (χ4v) is 1.98. The number of nitrogens with two attached hydrogens (primary N) is 1. The van der Waals surface area contributed by atoms with Gasteiger partial charge in [0, 0.05) is 23.2 Å². The monoisotopic (exact) mass is 218 g/mol. The summed E-state index contributed by atoms with van der Waals surface area (Å²) in [5, 5.41) is 0.955. The molecule has 2 rings (SSSR count). The molecule has 0 aliphatic rings. The second-order valence-corrected chi connectivity index (χ2v) is 3.86. The molecule has 0 radical (unpaired) electrons. The summed E-state index contributed by atoms with van der Waals surface area (Å²) in [4.78, 5) is 14.2. The van der Waals surface area contributed by atoms with E-state index >= 15 is 0 Å². The van der Waals surface area contributed by atoms with Gasteiger partial charge in [-0.3, -0.25) is 4.79 Å². The summed E-state index contributed by atoms with van der Waals surface area (Å²) in [6, 6.07) is 3.29. The van der Waals surface area contributed by atoms with Crippen LogP contribution in [0.2, 0.25) is 0 Å². The zero-order valence-electron chi connectivity index (χ0n) is 9.55. The molecule has 84 valence electrons. The van der Waals surface area contributed by atoms with Crippen LogP contribution in [0.3, 0.4) is 0 Å². The summed E-state index contributed by atoms with van der Waals surface area (Å²) in [5.74, 6) is 0.596. The zero-order chi connectivity index (χ0) is 11.9. The van der Waals surface area contributed by atoms with Crippen LogP contribution in [0.5, 0.6) is 5.75 Å². The lowest BCUT2D eigenvalue weighted by molar-refractivity contribution is 0.419. The van der Waals surface area contributed by atoms with Crippen LogP contribution in [0.1, 0.15) is 11.1 Å². The minimum Gasteiger partial charge on any atom is -0.494 e. The van der Waals surface area contributed by atoms with E-state index in [0.717, 1.165) is 16.5 Å². The van der Waals surface area contributed by atoms with Crippen molar-refractivity contribution in [3.8, 4) is 5.75 Å². The van der Waals surface area contributed by atoms with Gasteiger partial charge in [-0.2, -0.15) is 0 Å². The number of anilines is 1. The SMILES string of the molecule is COc1cc(N)c(C)c2c(C)cc(=O)[nH]c12. The lowest BCUT2D eigenvalue weighted by atomic mass is 10.0. The van der Waals surface area contributed by atoms with E-state index in [-0.39, 0.29) is 5.56 Å². The smallest absolute Gasteiger partial charge is 0.248 e. The van der Waals surface area contributed by atoms with Gasteiger partial charge in [0.15, 0.2) is 0 Å². The number of hydrogen-bond donors (Lipinski definition) is 2. The number of nitrogen functional groups attached to an aromatic ring is 1. The highest BCUT2D eigenvalue weighted by Gasteiger charge is 2.11. The van der Waals surface area contributed by atoms with Gasteiger partial charge in [-0.25, -0.2) is 0 Å². The van der Waals surface area contributed by atoms with Crippen LogP contribution in [0.15, 0.2) is 16.9 Å². The molecule has 0 bridgehead atoms. The van der Waals surface area contributed by atoms with Gasteiger partial charge in [0.1, 0.15) is 5.75 Å². The highest BCUT2D eigenvalue weighted by molar-refractivity contribution is 5.93. The first-order valence-corrected chi connectivity index (χ1v) is 5.01. The van der Waals surface area contributed by atoms with E-state index in [1.165, 1.54) is 0 Å². The normalized spacial score (nSPS) is 10.7. The number of hydrogen-bond acceptors (Lipinski definition) is 3. The molecule has 0 atom stereocenters. The van der Waals surface area contributed by atoms with Gasteiger partial charge in [-0.05, 0) is 25.0 Å². The standard InChI is InChI=1S/C12H14N2O2/c1-6-4-10(15)14-12-9(16-3)5-8(13)7(2)11(6)12/h4-5H,13H2,1-3H3,(H,14,15). The summed E-state index contributed by atoms with van der Waals surface area (Å²) in [6.07, 6.45) is 0. The minimum absolute atomic E-state index is 0.132. The lowest BCUT2D eigenvalue weighted by Gasteiger charge is -2.12. The van der Waals surface area contributed by atoms with Crippen LogP contribution < -0.4 is 16.0 Å². The Balaban J connectivity index is 3.04. The summed E-state index contributed by atoms with van der Waals surface area (Å²) < 4.78 is 5.22. The fraction of sp³-hybridized carbons (Fsp3) is 0.250. The molecule has 4 heteroatoms. The molecule has 0 fully saturated rings. The van der Waals surface area contributed by atoms with Crippen molar-refractivity contribution >= 4 is 16.6 Å². The van der Waals surface area contributed by atoms with E-state index in [4.69, 9.17) is 10.5 Å². The summed E-state index contributed by atoms with van der Waals surface area (Å²) in [7, 11) is 1.56. The van der Waals surface area contributed by atoms with Crippen molar-refractivity contribution in [3.63, 3.8) is 0 Å². The van der Waals surface area contributed by atoms with Crippen molar-refractivity contribution in [2.45, 2.75) is 13.8 Å². The second kappa shape index (κ2) is 3.56. The van der Waals surface area contributed by atoms with Gasteiger partial charge >= 0.3 is 0 Å². The topological polar surface area (TPSA) is 68.1 Å². The van der Waals surface area contributed by atoms with Crippen molar-refractivity contribution in [2.24, 2.45) is 0 Å². The largest absolute Gasteiger partial charge is 0.494 e. The number of aromatic nitrogens is 1. The van der Waals surface area contributed by atoms with Crippen molar-refractivity contribution in [3.05, 3.63) is 33.6 Å². The van der Waals surface area contributed by atoms with Gasteiger partial charge in [-0.1, -0.05) is 0 Å². The Bertz CT molecular complexity index is 614. The molecule has 2 aromatic rings. The number of nitrogens with one attached hydrogen (secondary N) is 1. The Morgan fingerprint density at radius 3 is 2.62 bits per heavy atom. The van der Waals surface area contributed by atoms with Gasteiger partial charge in [-0.15, -0.1) is 0 Å². The maximum Gasteiger partial charge on any atom is 0.248 e. The Morgan fingerprint density at radius 1 is 1.31 bits per heavy atom. The highest BCUT2D eigenvalue weighted by atomic mass is 16.5. The minimum atomic E-state index is -0.132. The highest BCUT2D eigenvalue weighted by Crippen LogP contribution is 2.31. The number of methoxy groups -OCH3 is 1. The van der Waals surface area contributed by atoms with E-state index in [1.54, 1.807) is 19.2 Å². The first kappa shape index (κ1) is 10.5. The van der Waals surface area contributed by atoms with Gasteiger partial charge < -0.3 is 15.5 Å². The average Bonchev–Trinajstić information content (AvgIpc) is 2.22. The molecule has 1 heterocycles.